The molecule has 0 aliphatic heterocycles. The Morgan fingerprint density at radius 3 is 2.29 bits per heavy atom. The Labute approximate surface area is 124 Å². The number of rotatable bonds is 5. The maximum Gasteiger partial charge on any atom is 0.357 e. The molecule has 2 aromatic carbocycles. The van der Waals surface area contributed by atoms with Gasteiger partial charge < -0.3 is 9.47 Å². The van der Waals surface area contributed by atoms with Crippen LogP contribution in [0.5, 0.6) is 5.75 Å². The molecule has 0 atom stereocenters. The lowest BCUT2D eigenvalue weighted by Gasteiger charge is -2.07. The molecule has 108 valence electrons. The van der Waals surface area contributed by atoms with Crippen molar-refractivity contribution in [3.63, 3.8) is 0 Å². The van der Waals surface area contributed by atoms with E-state index in [1.54, 1.807) is 38.3 Å². The first-order valence-electron chi connectivity index (χ1n) is 6.70. The Morgan fingerprint density at radius 2 is 1.71 bits per heavy atom. The van der Waals surface area contributed by atoms with E-state index in [-0.39, 0.29) is 0 Å². The van der Waals surface area contributed by atoms with Crippen molar-refractivity contribution in [2.24, 2.45) is 4.99 Å². The van der Waals surface area contributed by atoms with Crippen molar-refractivity contribution in [1.82, 2.24) is 0 Å². The van der Waals surface area contributed by atoms with Crippen molar-refractivity contribution in [1.29, 1.82) is 0 Å². The summed E-state index contributed by atoms with van der Waals surface area (Å²) in [5.41, 5.74) is 1.69. The number of nitrogens with zero attached hydrogens (tertiary/aromatic N) is 1. The smallest absolute Gasteiger partial charge is 0.357 e. The lowest BCUT2D eigenvalue weighted by molar-refractivity contribution is -0.134. The van der Waals surface area contributed by atoms with Crippen molar-refractivity contribution in [3.8, 4) is 5.75 Å². The zero-order valence-corrected chi connectivity index (χ0v) is 12.1. The van der Waals surface area contributed by atoms with Crippen LogP contribution in [-0.4, -0.2) is 25.4 Å². The van der Waals surface area contributed by atoms with Gasteiger partial charge in [0.05, 0.1) is 19.4 Å². The quantitative estimate of drug-likeness (QED) is 0.624. The monoisotopic (exact) mass is 283 g/mol. The van der Waals surface area contributed by atoms with Gasteiger partial charge in [-0.3, -0.25) is 0 Å². The second-order valence-corrected chi connectivity index (χ2v) is 4.24. The number of ether oxygens (including phenoxy) is 2. The highest BCUT2D eigenvalue weighted by molar-refractivity contribution is 6.43. The highest BCUT2D eigenvalue weighted by Gasteiger charge is 2.15. The van der Waals surface area contributed by atoms with Gasteiger partial charge in [-0.2, -0.15) is 0 Å². The Bertz CT molecular complexity index is 618. The standard InChI is InChI=1S/C17H17NO3/c1-3-21-17(19)16(13-7-5-4-6-8-13)18-14-9-11-15(20-2)12-10-14/h4-12H,3H2,1-2H3. The van der Waals surface area contributed by atoms with Gasteiger partial charge in [0.1, 0.15) is 5.75 Å². The van der Waals surface area contributed by atoms with E-state index in [9.17, 15) is 4.79 Å². The molecule has 0 fully saturated rings. The Morgan fingerprint density at radius 1 is 1.05 bits per heavy atom. The zero-order chi connectivity index (χ0) is 15.1. The first-order chi connectivity index (χ1) is 10.2. The molecule has 0 N–H and O–H groups in total. The van der Waals surface area contributed by atoms with Crippen molar-refractivity contribution >= 4 is 17.4 Å². The number of hydrogen-bond acceptors (Lipinski definition) is 4. The van der Waals surface area contributed by atoms with Gasteiger partial charge in [0.25, 0.3) is 0 Å². The molecule has 0 aliphatic carbocycles. The number of carbonyl (C=O) groups is 1. The van der Waals surface area contributed by atoms with Crippen molar-refractivity contribution in [2.75, 3.05) is 13.7 Å². The number of carbonyl (C=O) groups excluding carboxylic acids is 1. The number of esters is 1. The average molecular weight is 283 g/mol. The van der Waals surface area contributed by atoms with Crippen molar-refractivity contribution in [3.05, 3.63) is 60.2 Å². The van der Waals surface area contributed by atoms with E-state index in [2.05, 4.69) is 4.99 Å². The summed E-state index contributed by atoms with van der Waals surface area (Å²) >= 11 is 0. The lowest BCUT2D eigenvalue weighted by Crippen LogP contribution is -2.18. The van der Waals surface area contributed by atoms with Gasteiger partial charge in [0.2, 0.25) is 0 Å². The molecule has 2 rings (SSSR count). The van der Waals surface area contributed by atoms with Gasteiger partial charge >= 0.3 is 5.97 Å². The molecule has 0 aromatic heterocycles. The van der Waals surface area contributed by atoms with E-state index in [1.807, 2.05) is 30.3 Å². The topological polar surface area (TPSA) is 47.9 Å². The molecular weight excluding hydrogens is 266 g/mol. The van der Waals surface area contributed by atoms with Gasteiger partial charge in [-0.15, -0.1) is 0 Å². The molecule has 4 heteroatoms. The SMILES string of the molecule is CCOC(=O)C(=Nc1ccc(OC)cc1)c1ccccc1. The largest absolute Gasteiger partial charge is 0.497 e. The Kier molecular flexibility index (Phi) is 5.10. The maximum atomic E-state index is 12.1. The summed E-state index contributed by atoms with van der Waals surface area (Å²) < 4.78 is 10.2. The summed E-state index contributed by atoms with van der Waals surface area (Å²) in [4.78, 5) is 16.5. The van der Waals surface area contributed by atoms with E-state index in [1.165, 1.54) is 0 Å². The molecular formula is C17H17NO3. The van der Waals surface area contributed by atoms with Crippen LogP contribution in [0.4, 0.5) is 5.69 Å². The lowest BCUT2D eigenvalue weighted by atomic mass is 10.1. The van der Waals surface area contributed by atoms with Crippen LogP contribution >= 0.6 is 0 Å². The summed E-state index contributed by atoms with van der Waals surface area (Å²) in [7, 11) is 1.60. The summed E-state index contributed by atoms with van der Waals surface area (Å²) in [6, 6.07) is 16.5. The van der Waals surface area contributed by atoms with Gasteiger partial charge in [-0.1, -0.05) is 30.3 Å². The fourth-order valence-electron chi connectivity index (χ4n) is 1.81. The first-order valence-corrected chi connectivity index (χ1v) is 6.70. The second kappa shape index (κ2) is 7.24. The molecule has 0 aliphatic rings. The van der Waals surface area contributed by atoms with Crippen LogP contribution in [0.25, 0.3) is 0 Å². The first kappa shape index (κ1) is 14.8. The molecule has 0 amide bonds. The maximum absolute atomic E-state index is 12.1. The zero-order valence-electron chi connectivity index (χ0n) is 12.1. The number of methoxy groups -OCH3 is 1. The van der Waals surface area contributed by atoms with Crippen LogP contribution < -0.4 is 4.74 Å². The van der Waals surface area contributed by atoms with E-state index in [4.69, 9.17) is 9.47 Å². The highest BCUT2D eigenvalue weighted by Crippen LogP contribution is 2.19. The van der Waals surface area contributed by atoms with Crippen LogP contribution in [0.15, 0.2) is 59.6 Å². The van der Waals surface area contributed by atoms with Crippen LogP contribution in [0, 0.1) is 0 Å². The van der Waals surface area contributed by atoms with Gasteiger partial charge in [0.15, 0.2) is 5.71 Å². The minimum atomic E-state index is -0.431. The van der Waals surface area contributed by atoms with Gasteiger partial charge in [-0.25, -0.2) is 9.79 Å². The van der Waals surface area contributed by atoms with Crippen molar-refractivity contribution in [2.45, 2.75) is 6.92 Å². The molecule has 0 unspecified atom stereocenters. The molecule has 21 heavy (non-hydrogen) atoms. The summed E-state index contributed by atoms with van der Waals surface area (Å²) in [5, 5.41) is 0. The molecule has 2 aromatic rings. The number of benzene rings is 2. The van der Waals surface area contributed by atoms with Crippen LogP contribution in [0.3, 0.4) is 0 Å². The Hall–Kier alpha value is -2.62. The fourth-order valence-corrected chi connectivity index (χ4v) is 1.81. The molecule has 0 radical (unpaired) electrons. The molecule has 0 bridgehead atoms. The van der Waals surface area contributed by atoms with Crippen LogP contribution in [0.1, 0.15) is 12.5 Å². The van der Waals surface area contributed by atoms with E-state index in [0.29, 0.717) is 18.0 Å². The summed E-state index contributed by atoms with van der Waals surface area (Å²) in [6.07, 6.45) is 0. The van der Waals surface area contributed by atoms with Crippen LogP contribution in [-0.2, 0) is 9.53 Å². The third-order valence-electron chi connectivity index (χ3n) is 2.83. The fraction of sp³-hybridized carbons (Fsp3) is 0.176. The minimum absolute atomic E-state index is 0.294. The highest BCUT2D eigenvalue weighted by atomic mass is 16.5. The summed E-state index contributed by atoms with van der Waals surface area (Å²) in [6.45, 7) is 2.08. The predicted molar refractivity (Wildman–Crippen MR) is 82.3 cm³/mol. The number of aliphatic imine (C=N–C) groups is 1. The van der Waals surface area contributed by atoms with Gasteiger partial charge in [-0.05, 0) is 31.2 Å². The second-order valence-electron chi connectivity index (χ2n) is 4.24. The third kappa shape index (κ3) is 3.92. The molecule has 4 nitrogen and oxygen atoms in total. The molecule has 0 spiro atoms. The predicted octanol–water partition coefficient (Wildman–Crippen LogP) is 3.38. The van der Waals surface area contributed by atoms with E-state index < -0.39 is 5.97 Å². The van der Waals surface area contributed by atoms with Crippen molar-refractivity contribution < 1.29 is 14.3 Å². The minimum Gasteiger partial charge on any atom is -0.497 e. The molecule has 0 saturated carbocycles. The normalized spacial score (nSPS) is 11.0. The summed E-state index contributed by atoms with van der Waals surface area (Å²) in [5.74, 6) is 0.311. The molecule has 0 heterocycles. The van der Waals surface area contributed by atoms with Crippen LogP contribution in [0.2, 0.25) is 0 Å². The van der Waals surface area contributed by atoms with E-state index >= 15 is 0 Å². The van der Waals surface area contributed by atoms with E-state index in [0.717, 1.165) is 11.3 Å². The van der Waals surface area contributed by atoms with Gasteiger partial charge in [0, 0.05) is 5.56 Å². The average Bonchev–Trinajstić information content (AvgIpc) is 2.54. The molecule has 0 saturated heterocycles. The number of hydrogen-bond donors (Lipinski definition) is 0. The Balaban J connectivity index is 2.38. The third-order valence-corrected chi connectivity index (χ3v) is 2.83.